The van der Waals surface area contributed by atoms with Crippen molar-refractivity contribution in [3.05, 3.63) is 29.6 Å². The predicted octanol–water partition coefficient (Wildman–Crippen LogP) is 3.98. The second-order valence-electron chi connectivity index (χ2n) is 7.05. The Morgan fingerprint density at radius 1 is 0.846 bits per heavy atom. The maximum atomic E-state index is 12.8. The summed E-state index contributed by atoms with van der Waals surface area (Å²) in [5, 5.41) is 3.14. The Balaban J connectivity index is 1.51. The van der Waals surface area contributed by atoms with Gasteiger partial charge in [-0.2, -0.15) is 4.31 Å². The topological polar surface area (TPSA) is 53.5 Å². The van der Waals surface area contributed by atoms with Crippen LogP contribution in [0.1, 0.15) is 38.5 Å². The zero-order chi connectivity index (χ0) is 18.0. The Kier molecular flexibility index (Phi) is 5.29. The van der Waals surface area contributed by atoms with E-state index in [9.17, 15) is 8.42 Å². The van der Waals surface area contributed by atoms with E-state index in [1.165, 1.54) is 19.3 Å². The maximum absolute atomic E-state index is 12.8. The van der Waals surface area contributed by atoms with Crippen LogP contribution in [0.4, 0.5) is 5.13 Å². The van der Waals surface area contributed by atoms with Gasteiger partial charge in [0.2, 0.25) is 10.0 Å². The Morgan fingerprint density at radius 2 is 1.46 bits per heavy atom. The Morgan fingerprint density at radius 3 is 2.12 bits per heavy atom. The van der Waals surface area contributed by atoms with Gasteiger partial charge in [0.1, 0.15) is 0 Å². The van der Waals surface area contributed by atoms with E-state index in [4.69, 9.17) is 4.98 Å². The summed E-state index contributed by atoms with van der Waals surface area (Å²) in [6.07, 6.45) is 6.80. The Labute approximate surface area is 159 Å². The quantitative estimate of drug-likeness (QED) is 0.791. The molecule has 2 fully saturated rings. The van der Waals surface area contributed by atoms with Crippen LogP contribution in [0.2, 0.25) is 0 Å². The summed E-state index contributed by atoms with van der Waals surface area (Å²) in [5.41, 5.74) is 1.90. The van der Waals surface area contributed by atoms with Gasteiger partial charge in [0.25, 0.3) is 0 Å². The number of aromatic nitrogens is 1. The first-order valence-electron chi connectivity index (χ1n) is 9.46. The summed E-state index contributed by atoms with van der Waals surface area (Å²) in [7, 11) is -3.37. The van der Waals surface area contributed by atoms with E-state index in [0.29, 0.717) is 18.0 Å². The van der Waals surface area contributed by atoms with Crippen LogP contribution in [0.5, 0.6) is 0 Å². The first-order valence-corrected chi connectivity index (χ1v) is 11.8. The van der Waals surface area contributed by atoms with Gasteiger partial charge >= 0.3 is 0 Å². The van der Waals surface area contributed by atoms with Crippen molar-refractivity contribution in [1.29, 1.82) is 0 Å². The second-order valence-corrected chi connectivity index (χ2v) is 9.83. The number of anilines is 1. The summed E-state index contributed by atoms with van der Waals surface area (Å²) in [4.78, 5) is 7.51. The largest absolute Gasteiger partial charge is 0.348 e. The van der Waals surface area contributed by atoms with Crippen LogP contribution in [0.25, 0.3) is 11.3 Å². The van der Waals surface area contributed by atoms with Gasteiger partial charge in [0, 0.05) is 37.1 Å². The van der Waals surface area contributed by atoms with E-state index < -0.39 is 10.0 Å². The lowest BCUT2D eigenvalue weighted by Gasteiger charge is -2.26. The van der Waals surface area contributed by atoms with Gasteiger partial charge in [-0.3, -0.25) is 0 Å². The van der Waals surface area contributed by atoms with Crippen LogP contribution < -0.4 is 4.90 Å². The van der Waals surface area contributed by atoms with Crippen LogP contribution >= 0.6 is 11.3 Å². The van der Waals surface area contributed by atoms with Crippen molar-refractivity contribution in [1.82, 2.24) is 9.29 Å². The van der Waals surface area contributed by atoms with Crippen LogP contribution in [-0.4, -0.2) is 43.9 Å². The van der Waals surface area contributed by atoms with Gasteiger partial charge in [-0.25, -0.2) is 13.4 Å². The van der Waals surface area contributed by atoms with E-state index in [-0.39, 0.29) is 0 Å². The monoisotopic (exact) mass is 391 g/mol. The van der Waals surface area contributed by atoms with Crippen molar-refractivity contribution in [2.75, 3.05) is 31.1 Å². The smallest absolute Gasteiger partial charge is 0.243 e. The molecule has 5 nitrogen and oxygen atoms in total. The molecule has 0 atom stereocenters. The summed E-state index contributed by atoms with van der Waals surface area (Å²) in [5.74, 6) is 0. The molecule has 2 saturated heterocycles. The van der Waals surface area contributed by atoms with Gasteiger partial charge in [-0.1, -0.05) is 18.6 Å². The molecule has 0 saturated carbocycles. The lowest BCUT2D eigenvalue weighted by atomic mass is 10.1. The molecule has 2 aromatic rings. The standard InChI is InChI=1S/C19H25N3O2S2/c23-26(24,22-13-5-2-6-14-22)17-9-7-16(8-10-17)18-15-25-19(20-18)21-11-3-1-4-12-21/h7-10,15H,1-6,11-14H2. The zero-order valence-corrected chi connectivity index (χ0v) is 16.6. The zero-order valence-electron chi connectivity index (χ0n) is 14.9. The molecule has 3 heterocycles. The van der Waals surface area contributed by atoms with E-state index in [1.807, 2.05) is 12.1 Å². The summed E-state index contributed by atoms with van der Waals surface area (Å²) >= 11 is 1.67. The third-order valence-electron chi connectivity index (χ3n) is 5.22. The number of hydrogen-bond acceptors (Lipinski definition) is 5. The first-order chi connectivity index (χ1) is 12.6. The number of piperidine rings is 2. The molecule has 0 N–H and O–H groups in total. The molecule has 1 aromatic carbocycles. The van der Waals surface area contributed by atoms with Gasteiger partial charge in [-0.15, -0.1) is 11.3 Å². The third-order valence-corrected chi connectivity index (χ3v) is 8.04. The van der Waals surface area contributed by atoms with Gasteiger partial charge in [0.05, 0.1) is 10.6 Å². The van der Waals surface area contributed by atoms with Crippen LogP contribution in [0.3, 0.4) is 0 Å². The number of hydrogen-bond donors (Lipinski definition) is 0. The lowest BCUT2D eigenvalue weighted by molar-refractivity contribution is 0.346. The lowest BCUT2D eigenvalue weighted by Crippen LogP contribution is -2.35. The highest BCUT2D eigenvalue weighted by molar-refractivity contribution is 7.89. The molecule has 1 aromatic heterocycles. The summed E-state index contributed by atoms with van der Waals surface area (Å²) in [6.45, 7) is 3.44. The van der Waals surface area contributed by atoms with E-state index in [1.54, 1.807) is 27.8 Å². The third kappa shape index (κ3) is 3.66. The summed E-state index contributed by atoms with van der Waals surface area (Å²) in [6, 6.07) is 7.20. The highest BCUT2D eigenvalue weighted by Crippen LogP contribution is 2.30. The van der Waals surface area contributed by atoms with Crippen molar-refractivity contribution in [2.45, 2.75) is 43.4 Å². The van der Waals surface area contributed by atoms with Crippen molar-refractivity contribution < 1.29 is 8.42 Å². The fourth-order valence-corrected chi connectivity index (χ4v) is 6.08. The number of nitrogens with zero attached hydrogens (tertiary/aromatic N) is 3. The highest BCUT2D eigenvalue weighted by atomic mass is 32.2. The molecule has 0 spiro atoms. The van der Waals surface area contributed by atoms with Gasteiger partial charge in [0.15, 0.2) is 5.13 Å². The van der Waals surface area contributed by atoms with Crippen molar-refractivity contribution in [3.63, 3.8) is 0 Å². The van der Waals surface area contributed by atoms with E-state index in [2.05, 4.69) is 10.3 Å². The average molecular weight is 392 g/mol. The van der Waals surface area contributed by atoms with Crippen molar-refractivity contribution in [3.8, 4) is 11.3 Å². The minimum absolute atomic E-state index is 0.384. The number of rotatable bonds is 4. The van der Waals surface area contributed by atoms with Crippen molar-refractivity contribution >= 4 is 26.5 Å². The molecule has 0 bridgehead atoms. The molecule has 26 heavy (non-hydrogen) atoms. The fourth-order valence-electron chi connectivity index (χ4n) is 3.68. The molecule has 0 amide bonds. The number of sulfonamides is 1. The van der Waals surface area contributed by atoms with Crippen LogP contribution in [0, 0.1) is 0 Å². The Bertz CT molecular complexity index is 834. The molecule has 0 unspecified atom stereocenters. The first kappa shape index (κ1) is 17.9. The minimum Gasteiger partial charge on any atom is -0.348 e. The van der Waals surface area contributed by atoms with Crippen LogP contribution in [0.15, 0.2) is 34.5 Å². The maximum Gasteiger partial charge on any atom is 0.243 e. The predicted molar refractivity (Wildman–Crippen MR) is 106 cm³/mol. The molecule has 0 radical (unpaired) electrons. The van der Waals surface area contributed by atoms with Gasteiger partial charge in [-0.05, 0) is 44.2 Å². The van der Waals surface area contributed by atoms with Crippen LogP contribution in [-0.2, 0) is 10.0 Å². The molecule has 7 heteroatoms. The van der Waals surface area contributed by atoms with E-state index >= 15 is 0 Å². The Hall–Kier alpha value is -1.44. The normalized spacial score (nSPS) is 19.6. The second kappa shape index (κ2) is 7.66. The molecule has 2 aliphatic rings. The average Bonchev–Trinajstić information content (AvgIpc) is 3.20. The minimum atomic E-state index is -3.37. The molecule has 140 valence electrons. The molecular formula is C19H25N3O2S2. The fraction of sp³-hybridized carbons (Fsp3) is 0.526. The summed E-state index contributed by atoms with van der Waals surface area (Å²) < 4.78 is 27.1. The molecular weight excluding hydrogens is 366 g/mol. The van der Waals surface area contributed by atoms with E-state index in [0.717, 1.165) is 48.7 Å². The molecule has 2 aliphatic heterocycles. The molecule has 4 rings (SSSR count). The number of thiazole rings is 1. The molecule has 0 aliphatic carbocycles. The van der Waals surface area contributed by atoms with Gasteiger partial charge < -0.3 is 4.90 Å². The highest BCUT2D eigenvalue weighted by Gasteiger charge is 2.25. The SMILES string of the molecule is O=S(=O)(c1ccc(-c2csc(N3CCCCC3)n2)cc1)N1CCCCC1. The van der Waals surface area contributed by atoms with Crippen molar-refractivity contribution in [2.24, 2.45) is 0 Å². The number of benzene rings is 1.